The molecule has 0 aliphatic carbocycles. The van der Waals surface area contributed by atoms with E-state index in [1.54, 1.807) is 24.5 Å². The van der Waals surface area contributed by atoms with E-state index in [1.807, 2.05) is 31.2 Å². The molecule has 1 amide bonds. The lowest BCUT2D eigenvalue weighted by atomic mass is 10.00. The van der Waals surface area contributed by atoms with Gasteiger partial charge in [0.1, 0.15) is 17.3 Å². The zero-order valence-corrected chi connectivity index (χ0v) is 18.4. The number of nitrogens with one attached hydrogen (secondary N) is 2. The second-order valence-corrected chi connectivity index (χ2v) is 8.10. The van der Waals surface area contributed by atoms with E-state index in [9.17, 15) is 9.18 Å². The molecule has 0 unspecified atom stereocenters. The van der Waals surface area contributed by atoms with Crippen LogP contribution in [0.1, 0.15) is 39.5 Å². The van der Waals surface area contributed by atoms with Gasteiger partial charge in [-0.3, -0.25) is 9.78 Å². The van der Waals surface area contributed by atoms with Gasteiger partial charge in [-0.25, -0.2) is 9.37 Å². The fourth-order valence-corrected chi connectivity index (χ4v) is 3.87. The molecule has 0 aliphatic heterocycles. The molecule has 0 saturated heterocycles. The van der Waals surface area contributed by atoms with Crippen molar-refractivity contribution >= 4 is 22.8 Å². The fraction of sp³-hybridized carbons (Fsp3) is 0.269. The standard InChI is InChI=1S/C26H27FN4O/c1-3-4-5-6-17(2)26(32)30-22-12-11-21-23(18-13-15-28-16-14-18)24(31-25(21)29-22)19-7-9-20(27)10-8-19/h7-17H,3-6H2,1-2H3,(H2,29,30,31,32)/t17-/m0/s1. The maximum Gasteiger partial charge on any atom is 0.228 e. The maximum atomic E-state index is 13.5. The lowest BCUT2D eigenvalue weighted by Crippen LogP contribution is -2.20. The number of anilines is 1. The first-order chi connectivity index (χ1) is 15.6. The molecule has 0 saturated carbocycles. The predicted molar refractivity (Wildman–Crippen MR) is 127 cm³/mol. The van der Waals surface area contributed by atoms with Gasteiger partial charge in [-0.05, 0) is 66.1 Å². The molecule has 164 valence electrons. The molecule has 6 heteroatoms. The minimum atomic E-state index is -0.286. The zero-order valence-electron chi connectivity index (χ0n) is 18.4. The number of aromatic amines is 1. The molecule has 4 rings (SSSR count). The number of aromatic nitrogens is 3. The molecule has 0 fully saturated rings. The molecule has 0 radical (unpaired) electrons. The molecule has 5 nitrogen and oxygen atoms in total. The van der Waals surface area contributed by atoms with Crippen LogP contribution < -0.4 is 5.32 Å². The number of pyridine rings is 2. The molecule has 0 aliphatic rings. The van der Waals surface area contributed by atoms with Crippen LogP contribution in [0.3, 0.4) is 0 Å². The summed E-state index contributed by atoms with van der Waals surface area (Å²) in [6.45, 7) is 4.10. The lowest BCUT2D eigenvalue weighted by Gasteiger charge is -2.11. The summed E-state index contributed by atoms with van der Waals surface area (Å²) < 4.78 is 13.5. The third-order valence-electron chi connectivity index (χ3n) is 5.70. The van der Waals surface area contributed by atoms with Crippen molar-refractivity contribution in [1.29, 1.82) is 0 Å². The minimum Gasteiger partial charge on any atom is -0.339 e. The smallest absolute Gasteiger partial charge is 0.228 e. The van der Waals surface area contributed by atoms with Crippen LogP contribution in [0.5, 0.6) is 0 Å². The van der Waals surface area contributed by atoms with Gasteiger partial charge in [0.25, 0.3) is 0 Å². The van der Waals surface area contributed by atoms with E-state index in [1.165, 1.54) is 12.1 Å². The highest BCUT2D eigenvalue weighted by Gasteiger charge is 2.18. The Labute approximate surface area is 187 Å². The maximum absolute atomic E-state index is 13.5. The molecule has 0 bridgehead atoms. The van der Waals surface area contributed by atoms with Crippen molar-refractivity contribution in [1.82, 2.24) is 15.0 Å². The summed E-state index contributed by atoms with van der Waals surface area (Å²) in [6.07, 6.45) is 7.66. The van der Waals surface area contributed by atoms with Gasteiger partial charge < -0.3 is 10.3 Å². The number of fused-ring (bicyclic) bond motifs is 1. The third kappa shape index (κ3) is 4.69. The first kappa shape index (κ1) is 21.7. The van der Waals surface area contributed by atoms with Crippen LogP contribution in [0.15, 0.2) is 60.9 Å². The van der Waals surface area contributed by atoms with Crippen molar-refractivity contribution in [3.63, 3.8) is 0 Å². The first-order valence-corrected chi connectivity index (χ1v) is 11.1. The van der Waals surface area contributed by atoms with Gasteiger partial charge in [0.05, 0.1) is 5.69 Å². The highest BCUT2D eigenvalue weighted by atomic mass is 19.1. The number of unbranched alkanes of at least 4 members (excludes halogenated alkanes) is 2. The Balaban J connectivity index is 1.69. The molecule has 3 heterocycles. The molecule has 0 spiro atoms. The van der Waals surface area contributed by atoms with E-state index < -0.39 is 0 Å². The van der Waals surface area contributed by atoms with E-state index >= 15 is 0 Å². The number of hydrogen-bond donors (Lipinski definition) is 2. The van der Waals surface area contributed by atoms with Crippen molar-refractivity contribution in [2.24, 2.45) is 5.92 Å². The van der Waals surface area contributed by atoms with Crippen LogP contribution in [-0.2, 0) is 4.79 Å². The number of amides is 1. The van der Waals surface area contributed by atoms with Crippen LogP contribution in [-0.4, -0.2) is 20.9 Å². The Morgan fingerprint density at radius 1 is 1.03 bits per heavy atom. The van der Waals surface area contributed by atoms with Crippen molar-refractivity contribution in [3.8, 4) is 22.4 Å². The summed E-state index contributed by atoms with van der Waals surface area (Å²) in [5.41, 5.74) is 4.30. The van der Waals surface area contributed by atoms with Gasteiger partial charge in [0, 0.05) is 29.3 Å². The largest absolute Gasteiger partial charge is 0.339 e. The Kier molecular flexibility index (Phi) is 6.59. The van der Waals surface area contributed by atoms with Gasteiger partial charge in [-0.15, -0.1) is 0 Å². The quantitative estimate of drug-likeness (QED) is 0.310. The topological polar surface area (TPSA) is 70.7 Å². The highest BCUT2D eigenvalue weighted by Crippen LogP contribution is 2.38. The van der Waals surface area contributed by atoms with Gasteiger partial charge in [-0.1, -0.05) is 33.1 Å². The van der Waals surface area contributed by atoms with Gasteiger partial charge >= 0.3 is 0 Å². The number of halogens is 1. The van der Waals surface area contributed by atoms with Gasteiger partial charge in [0.2, 0.25) is 5.91 Å². The third-order valence-corrected chi connectivity index (χ3v) is 5.70. The van der Waals surface area contributed by atoms with E-state index in [2.05, 4.69) is 27.2 Å². The average Bonchev–Trinajstić information content (AvgIpc) is 3.19. The molecule has 4 aromatic rings. The van der Waals surface area contributed by atoms with Crippen LogP contribution in [0.25, 0.3) is 33.4 Å². The van der Waals surface area contributed by atoms with Crippen LogP contribution in [0.4, 0.5) is 10.2 Å². The number of nitrogens with zero attached hydrogens (tertiary/aromatic N) is 2. The fourth-order valence-electron chi connectivity index (χ4n) is 3.87. The Morgan fingerprint density at radius 2 is 1.78 bits per heavy atom. The van der Waals surface area contributed by atoms with E-state index in [-0.39, 0.29) is 17.6 Å². The van der Waals surface area contributed by atoms with Crippen molar-refractivity contribution in [2.45, 2.75) is 39.5 Å². The summed E-state index contributed by atoms with van der Waals surface area (Å²) in [6, 6.07) is 14.0. The van der Waals surface area contributed by atoms with Crippen LogP contribution >= 0.6 is 0 Å². The van der Waals surface area contributed by atoms with Crippen LogP contribution in [0, 0.1) is 11.7 Å². The van der Waals surface area contributed by atoms with Gasteiger partial charge in [-0.2, -0.15) is 0 Å². The molecule has 1 aromatic carbocycles. The lowest BCUT2D eigenvalue weighted by molar-refractivity contribution is -0.119. The Hall–Kier alpha value is -3.54. The summed E-state index contributed by atoms with van der Waals surface area (Å²) in [7, 11) is 0. The normalized spacial score (nSPS) is 12.1. The number of carbonyl (C=O) groups excluding carboxylic acids is 1. The number of carbonyl (C=O) groups is 1. The molecule has 1 atom stereocenters. The van der Waals surface area contributed by atoms with Crippen molar-refractivity contribution in [2.75, 3.05) is 5.32 Å². The SMILES string of the molecule is CCCCC[C@H](C)C(=O)Nc1ccc2c(-c3ccncc3)c(-c3ccc(F)cc3)[nH]c2n1. The average molecular weight is 431 g/mol. The molecule has 3 aromatic heterocycles. The number of H-pyrrole nitrogens is 1. The summed E-state index contributed by atoms with van der Waals surface area (Å²) in [5.74, 6) is 0.141. The van der Waals surface area contributed by atoms with Crippen LogP contribution in [0.2, 0.25) is 0 Å². The predicted octanol–water partition coefficient (Wildman–Crippen LogP) is 6.59. The second-order valence-electron chi connectivity index (χ2n) is 8.10. The summed E-state index contributed by atoms with van der Waals surface area (Å²) >= 11 is 0. The Bertz CT molecular complexity index is 1200. The molecule has 2 N–H and O–H groups in total. The van der Waals surface area contributed by atoms with Crippen molar-refractivity contribution < 1.29 is 9.18 Å². The van der Waals surface area contributed by atoms with E-state index in [4.69, 9.17) is 0 Å². The van der Waals surface area contributed by atoms with E-state index in [0.717, 1.165) is 53.5 Å². The summed E-state index contributed by atoms with van der Waals surface area (Å²) in [5, 5.41) is 3.87. The Morgan fingerprint density at radius 3 is 2.50 bits per heavy atom. The first-order valence-electron chi connectivity index (χ1n) is 11.1. The van der Waals surface area contributed by atoms with E-state index in [0.29, 0.717) is 11.5 Å². The van der Waals surface area contributed by atoms with Crippen molar-refractivity contribution in [3.05, 3.63) is 66.7 Å². The molecular formula is C26H27FN4O. The molecule has 32 heavy (non-hydrogen) atoms. The number of benzene rings is 1. The van der Waals surface area contributed by atoms with Gasteiger partial charge in [0.15, 0.2) is 0 Å². The second kappa shape index (κ2) is 9.73. The highest BCUT2D eigenvalue weighted by molar-refractivity contribution is 6.03. The number of hydrogen-bond acceptors (Lipinski definition) is 3. The molecular weight excluding hydrogens is 403 g/mol. The summed E-state index contributed by atoms with van der Waals surface area (Å²) in [4.78, 5) is 24.7. The zero-order chi connectivity index (χ0) is 22.5. The number of rotatable bonds is 8. The minimum absolute atomic E-state index is 0.0207. The monoisotopic (exact) mass is 430 g/mol.